The van der Waals surface area contributed by atoms with E-state index < -0.39 is 0 Å². The SMILES string of the molecule is C=C1/C=C\C=C/CCCc2ccccc2C1.CC. The summed E-state index contributed by atoms with van der Waals surface area (Å²) in [4.78, 5) is 0. The van der Waals surface area contributed by atoms with Crippen LogP contribution in [0.5, 0.6) is 0 Å². The molecule has 18 heavy (non-hydrogen) atoms. The van der Waals surface area contributed by atoms with Gasteiger partial charge in [0.25, 0.3) is 0 Å². The van der Waals surface area contributed by atoms with Crippen LogP contribution in [0.2, 0.25) is 0 Å². The Bertz CT molecular complexity index is 421. The molecule has 0 saturated carbocycles. The molecule has 0 bridgehead atoms. The molecular formula is C18H24. The molecule has 0 nitrogen and oxygen atoms in total. The molecule has 1 aliphatic rings. The van der Waals surface area contributed by atoms with Crippen LogP contribution in [0, 0.1) is 0 Å². The lowest BCUT2D eigenvalue weighted by molar-refractivity contribution is 0.834. The summed E-state index contributed by atoms with van der Waals surface area (Å²) >= 11 is 0. The van der Waals surface area contributed by atoms with Crippen molar-refractivity contribution >= 4 is 0 Å². The summed E-state index contributed by atoms with van der Waals surface area (Å²) in [5, 5.41) is 0. The highest BCUT2D eigenvalue weighted by Gasteiger charge is 2.02. The molecular weight excluding hydrogens is 216 g/mol. The minimum Gasteiger partial charge on any atom is -0.0955 e. The van der Waals surface area contributed by atoms with Crippen LogP contribution in [0.4, 0.5) is 0 Å². The summed E-state index contributed by atoms with van der Waals surface area (Å²) < 4.78 is 0. The van der Waals surface area contributed by atoms with Gasteiger partial charge in [0.15, 0.2) is 0 Å². The quantitative estimate of drug-likeness (QED) is 0.580. The Morgan fingerprint density at radius 1 is 1.00 bits per heavy atom. The zero-order valence-electron chi connectivity index (χ0n) is 11.7. The van der Waals surface area contributed by atoms with Gasteiger partial charge in [0.2, 0.25) is 0 Å². The van der Waals surface area contributed by atoms with E-state index in [2.05, 4.69) is 55.1 Å². The normalized spacial score (nSPS) is 18.7. The van der Waals surface area contributed by atoms with E-state index in [1.165, 1.54) is 29.5 Å². The van der Waals surface area contributed by atoms with Gasteiger partial charge in [-0.05, 0) is 36.8 Å². The summed E-state index contributed by atoms with van der Waals surface area (Å²) in [7, 11) is 0. The third-order valence-corrected chi connectivity index (χ3v) is 2.93. The highest BCUT2D eigenvalue weighted by molar-refractivity contribution is 5.34. The minimum atomic E-state index is 0.973. The average molecular weight is 240 g/mol. The molecule has 0 saturated heterocycles. The van der Waals surface area contributed by atoms with Gasteiger partial charge in [-0.1, -0.05) is 74.6 Å². The lowest BCUT2D eigenvalue weighted by Gasteiger charge is -2.08. The molecule has 1 aromatic rings. The van der Waals surface area contributed by atoms with Gasteiger partial charge in [-0.15, -0.1) is 0 Å². The maximum absolute atomic E-state index is 4.10. The van der Waals surface area contributed by atoms with E-state index >= 15 is 0 Å². The number of aryl methyl sites for hydroxylation is 1. The van der Waals surface area contributed by atoms with Gasteiger partial charge >= 0.3 is 0 Å². The second kappa shape index (κ2) is 8.52. The number of rotatable bonds is 0. The lowest BCUT2D eigenvalue weighted by Crippen LogP contribution is -1.95. The summed E-state index contributed by atoms with van der Waals surface area (Å²) in [5.74, 6) is 0. The first kappa shape index (κ1) is 14.5. The predicted octanol–water partition coefficient (Wildman–Crippen LogP) is 5.26. The van der Waals surface area contributed by atoms with Crippen molar-refractivity contribution in [1.82, 2.24) is 0 Å². The Hall–Kier alpha value is -1.56. The third-order valence-electron chi connectivity index (χ3n) is 2.93. The first-order valence-electron chi connectivity index (χ1n) is 6.94. The average Bonchev–Trinajstić information content (AvgIpc) is 2.45. The molecule has 1 aliphatic carbocycles. The summed E-state index contributed by atoms with van der Waals surface area (Å²) in [6, 6.07) is 8.72. The fourth-order valence-electron chi connectivity index (χ4n) is 2.05. The van der Waals surface area contributed by atoms with Crippen molar-refractivity contribution in [2.24, 2.45) is 0 Å². The van der Waals surface area contributed by atoms with Crippen molar-refractivity contribution in [3.8, 4) is 0 Å². The van der Waals surface area contributed by atoms with Crippen molar-refractivity contribution < 1.29 is 0 Å². The van der Waals surface area contributed by atoms with E-state index in [0.717, 1.165) is 12.8 Å². The third kappa shape index (κ3) is 4.75. The molecule has 1 aromatic carbocycles. The van der Waals surface area contributed by atoms with Gasteiger partial charge in [-0.3, -0.25) is 0 Å². The van der Waals surface area contributed by atoms with Gasteiger partial charge in [0, 0.05) is 0 Å². The van der Waals surface area contributed by atoms with Gasteiger partial charge < -0.3 is 0 Å². The molecule has 0 aromatic heterocycles. The van der Waals surface area contributed by atoms with E-state index in [9.17, 15) is 0 Å². The first-order valence-corrected chi connectivity index (χ1v) is 6.94. The van der Waals surface area contributed by atoms with Crippen LogP contribution >= 0.6 is 0 Å². The van der Waals surface area contributed by atoms with Crippen LogP contribution in [0.15, 0.2) is 60.7 Å². The molecule has 0 N–H and O–H groups in total. The molecule has 96 valence electrons. The van der Waals surface area contributed by atoms with Crippen molar-refractivity contribution in [2.45, 2.75) is 39.5 Å². The van der Waals surface area contributed by atoms with Gasteiger partial charge in [0.05, 0.1) is 0 Å². The zero-order chi connectivity index (χ0) is 13.2. The Morgan fingerprint density at radius 2 is 1.72 bits per heavy atom. The number of hydrogen-bond acceptors (Lipinski definition) is 0. The van der Waals surface area contributed by atoms with Crippen LogP contribution in [0.25, 0.3) is 0 Å². The predicted molar refractivity (Wildman–Crippen MR) is 81.9 cm³/mol. The smallest absolute Gasteiger partial charge is 0.00289 e. The summed E-state index contributed by atoms with van der Waals surface area (Å²) in [5.41, 5.74) is 4.09. The maximum atomic E-state index is 4.10. The Balaban J connectivity index is 0.000000771. The second-order valence-electron chi connectivity index (χ2n) is 4.28. The summed E-state index contributed by atoms with van der Waals surface area (Å²) in [6.45, 7) is 8.10. The van der Waals surface area contributed by atoms with E-state index in [4.69, 9.17) is 0 Å². The zero-order valence-corrected chi connectivity index (χ0v) is 11.7. The standard InChI is InChI=1S/C16H18.C2H6/c1-14-9-5-3-2-4-6-10-15-11-7-8-12-16(15)13-14;1-2/h2-3,5,7-9,11-12H,1,4,6,10,13H2;1-2H3/b3-2-,9-5-;. The topological polar surface area (TPSA) is 0 Å². The second-order valence-corrected chi connectivity index (χ2v) is 4.28. The van der Waals surface area contributed by atoms with E-state index in [1.807, 2.05) is 13.8 Å². The van der Waals surface area contributed by atoms with Crippen molar-refractivity contribution in [1.29, 1.82) is 0 Å². The van der Waals surface area contributed by atoms with Crippen molar-refractivity contribution in [3.05, 3.63) is 71.8 Å². The molecule has 0 heterocycles. The maximum Gasteiger partial charge on any atom is -0.00289 e. The molecule has 0 atom stereocenters. The monoisotopic (exact) mass is 240 g/mol. The minimum absolute atomic E-state index is 0.973. The fraction of sp³-hybridized carbons (Fsp3) is 0.333. The Kier molecular flexibility index (Phi) is 6.86. The number of allylic oxidation sites excluding steroid dienone is 5. The Morgan fingerprint density at radius 3 is 2.50 bits per heavy atom. The fourth-order valence-corrected chi connectivity index (χ4v) is 2.05. The Labute approximate surface area is 112 Å². The van der Waals surface area contributed by atoms with Gasteiger partial charge in [0.1, 0.15) is 0 Å². The summed E-state index contributed by atoms with van der Waals surface area (Å²) in [6.07, 6.45) is 13.1. The van der Waals surface area contributed by atoms with Crippen molar-refractivity contribution in [2.75, 3.05) is 0 Å². The van der Waals surface area contributed by atoms with Crippen LogP contribution in [0.1, 0.15) is 37.8 Å². The molecule has 2 rings (SSSR count). The molecule has 0 aliphatic heterocycles. The number of hydrogen-bond donors (Lipinski definition) is 0. The van der Waals surface area contributed by atoms with Crippen LogP contribution < -0.4 is 0 Å². The molecule has 0 unspecified atom stereocenters. The van der Waals surface area contributed by atoms with Crippen LogP contribution in [-0.4, -0.2) is 0 Å². The molecule has 0 amide bonds. The van der Waals surface area contributed by atoms with E-state index in [-0.39, 0.29) is 0 Å². The van der Waals surface area contributed by atoms with Crippen LogP contribution in [-0.2, 0) is 12.8 Å². The van der Waals surface area contributed by atoms with E-state index in [0.29, 0.717) is 0 Å². The molecule has 0 spiro atoms. The van der Waals surface area contributed by atoms with Crippen LogP contribution in [0.3, 0.4) is 0 Å². The van der Waals surface area contributed by atoms with Gasteiger partial charge in [-0.2, -0.15) is 0 Å². The lowest BCUT2D eigenvalue weighted by atomic mass is 9.97. The highest BCUT2D eigenvalue weighted by Crippen LogP contribution is 2.17. The largest absolute Gasteiger partial charge is 0.0955 e. The van der Waals surface area contributed by atoms with Gasteiger partial charge in [-0.25, -0.2) is 0 Å². The van der Waals surface area contributed by atoms with Crippen molar-refractivity contribution in [3.63, 3.8) is 0 Å². The first-order chi connectivity index (χ1) is 8.86. The molecule has 0 radical (unpaired) electrons. The molecule has 0 heteroatoms. The number of benzene rings is 1. The van der Waals surface area contributed by atoms with E-state index in [1.54, 1.807) is 0 Å². The molecule has 0 fully saturated rings. The number of fused-ring (bicyclic) bond motifs is 1. The highest BCUT2D eigenvalue weighted by atomic mass is 14.1.